The number of hydrogen-bond acceptors (Lipinski definition) is 4. The standard InChI is InChI=1S/C16H19N3O2/c1-19(2)15-11-13(7-9-17-15)16(21)18-14-5-3-12(4-6-14)8-10-20/h3-7,9,11,20H,8,10H2,1-2H3,(H,18,21). The van der Waals surface area contributed by atoms with Gasteiger partial charge in [-0.2, -0.15) is 0 Å². The van der Waals surface area contributed by atoms with Crippen LogP contribution in [0.1, 0.15) is 15.9 Å². The molecule has 0 saturated heterocycles. The molecule has 0 radical (unpaired) electrons. The minimum absolute atomic E-state index is 0.121. The molecule has 0 bridgehead atoms. The smallest absolute Gasteiger partial charge is 0.255 e. The topological polar surface area (TPSA) is 65.5 Å². The monoisotopic (exact) mass is 285 g/mol. The second kappa shape index (κ2) is 6.85. The molecule has 1 heterocycles. The fourth-order valence-electron chi connectivity index (χ4n) is 1.89. The minimum Gasteiger partial charge on any atom is -0.396 e. The van der Waals surface area contributed by atoms with E-state index in [4.69, 9.17) is 5.11 Å². The summed E-state index contributed by atoms with van der Waals surface area (Å²) >= 11 is 0. The van der Waals surface area contributed by atoms with E-state index in [9.17, 15) is 4.79 Å². The van der Waals surface area contributed by atoms with Gasteiger partial charge in [0.2, 0.25) is 0 Å². The second-order valence-corrected chi connectivity index (χ2v) is 4.92. The Kier molecular flexibility index (Phi) is 4.90. The summed E-state index contributed by atoms with van der Waals surface area (Å²) in [6.45, 7) is 0.121. The first kappa shape index (κ1) is 15.0. The molecule has 2 rings (SSSR count). The Labute approximate surface area is 124 Å². The zero-order chi connectivity index (χ0) is 15.2. The van der Waals surface area contributed by atoms with Crippen molar-refractivity contribution in [2.24, 2.45) is 0 Å². The number of nitrogens with one attached hydrogen (secondary N) is 1. The molecule has 0 aliphatic heterocycles. The fraction of sp³-hybridized carbons (Fsp3) is 0.250. The molecule has 5 nitrogen and oxygen atoms in total. The normalized spacial score (nSPS) is 10.2. The molecule has 2 aromatic rings. The lowest BCUT2D eigenvalue weighted by atomic mass is 10.1. The summed E-state index contributed by atoms with van der Waals surface area (Å²) in [4.78, 5) is 18.2. The van der Waals surface area contributed by atoms with Crippen molar-refractivity contribution in [2.45, 2.75) is 6.42 Å². The first-order valence-corrected chi connectivity index (χ1v) is 6.74. The molecule has 1 aromatic heterocycles. The van der Waals surface area contributed by atoms with Crippen LogP contribution in [0.25, 0.3) is 0 Å². The van der Waals surface area contributed by atoms with E-state index in [0.29, 0.717) is 12.0 Å². The SMILES string of the molecule is CN(C)c1cc(C(=O)Nc2ccc(CCO)cc2)ccn1. The van der Waals surface area contributed by atoms with Crippen molar-refractivity contribution in [1.82, 2.24) is 4.98 Å². The van der Waals surface area contributed by atoms with Crippen LogP contribution in [0.4, 0.5) is 11.5 Å². The number of pyridine rings is 1. The van der Waals surface area contributed by atoms with Crippen LogP contribution in [0, 0.1) is 0 Å². The number of amides is 1. The third-order valence-corrected chi connectivity index (χ3v) is 3.08. The highest BCUT2D eigenvalue weighted by molar-refractivity contribution is 6.04. The maximum absolute atomic E-state index is 12.2. The summed E-state index contributed by atoms with van der Waals surface area (Å²) in [5, 5.41) is 11.7. The Hall–Kier alpha value is -2.40. The van der Waals surface area contributed by atoms with E-state index < -0.39 is 0 Å². The predicted molar refractivity (Wildman–Crippen MR) is 83.7 cm³/mol. The number of nitrogens with zero attached hydrogens (tertiary/aromatic N) is 2. The summed E-state index contributed by atoms with van der Waals surface area (Å²) in [5.74, 6) is 0.566. The van der Waals surface area contributed by atoms with Crippen LogP contribution in [0.5, 0.6) is 0 Å². The van der Waals surface area contributed by atoms with E-state index in [1.807, 2.05) is 43.3 Å². The van der Waals surface area contributed by atoms with Crippen molar-refractivity contribution in [3.05, 3.63) is 53.7 Å². The quantitative estimate of drug-likeness (QED) is 0.881. The van der Waals surface area contributed by atoms with Crippen LogP contribution >= 0.6 is 0 Å². The lowest BCUT2D eigenvalue weighted by Gasteiger charge is -2.12. The van der Waals surface area contributed by atoms with Crippen LogP contribution in [-0.2, 0) is 6.42 Å². The Morgan fingerprint density at radius 2 is 1.95 bits per heavy atom. The highest BCUT2D eigenvalue weighted by atomic mass is 16.2. The van der Waals surface area contributed by atoms with Crippen molar-refractivity contribution in [2.75, 3.05) is 30.9 Å². The number of hydrogen-bond donors (Lipinski definition) is 2. The van der Waals surface area contributed by atoms with Gasteiger partial charge in [0, 0.05) is 38.1 Å². The maximum atomic E-state index is 12.2. The first-order chi connectivity index (χ1) is 10.1. The van der Waals surface area contributed by atoms with Crippen molar-refractivity contribution in [3.8, 4) is 0 Å². The van der Waals surface area contributed by atoms with E-state index in [2.05, 4.69) is 10.3 Å². The first-order valence-electron chi connectivity index (χ1n) is 6.74. The maximum Gasteiger partial charge on any atom is 0.255 e. The Balaban J connectivity index is 2.08. The molecule has 0 unspecified atom stereocenters. The number of aliphatic hydroxyl groups excluding tert-OH is 1. The molecular formula is C16H19N3O2. The molecule has 5 heteroatoms. The van der Waals surface area contributed by atoms with Gasteiger partial charge >= 0.3 is 0 Å². The summed E-state index contributed by atoms with van der Waals surface area (Å²) in [7, 11) is 3.76. The van der Waals surface area contributed by atoms with Gasteiger partial charge in [0.05, 0.1) is 0 Å². The lowest BCUT2D eigenvalue weighted by molar-refractivity contribution is 0.102. The van der Waals surface area contributed by atoms with Crippen LogP contribution in [0.3, 0.4) is 0 Å². The fourth-order valence-corrected chi connectivity index (χ4v) is 1.89. The van der Waals surface area contributed by atoms with Gasteiger partial charge < -0.3 is 15.3 Å². The average Bonchev–Trinajstić information content (AvgIpc) is 2.49. The molecule has 21 heavy (non-hydrogen) atoms. The molecule has 2 N–H and O–H groups in total. The number of anilines is 2. The molecule has 110 valence electrons. The second-order valence-electron chi connectivity index (χ2n) is 4.92. The van der Waals surface area contributed by atoms with E-state index in [-0.39, 0.29) is 12.5 Å². The molecule has 0 aliphatic rings. The van der Waals surface area contributed by atoms with E-state index in [0.717, 1.165) is 17.1 Å². The van der Waals surface area contributed by atoms with Gasteiger partial charge in [0.15, 0.2) is 0 Å². The van der Waals surface area contributed by atoms with E-state index in [1.165, 1.54) is 0 Å². The van der Waals surface area contributed by atoms with E-state index >= 15 is 0 Å². The highest BCUT2D eigenvalue weighted by Gasteiger charge is 2.08. The van der Waals surface area contributed by atoms with Crippen LogP contribution in [0.2, 0.25) is 0 Å². The number of benzene rings is 1. The van der Waals surface area contributed by atoms with Crippen LogP contribution in [-0.4, -0.2) is 36.7 Å². The third-order valence-electron chi connectivity index (χ3n) is 3.08. The van der Waals surface area contributed by atoms with Gasteiger partial charge in [0.1, 0.15) is 5.82 Å². The zero-order valence-corrected chi connectivity index (χ0v) is 12.2. The summed E-state index contributed by atoms with van der Waals surface area (Å²) in [6.07, 6.45) is 2.24. The van der Waals surface area contributed by atoms with Crippen molar-refractivity contribution in [1.29, 1.82) is 0 Å². The summed E-state index contributed by atoms with van der Waals surface area (Å²) in [5.41, 5.74) is 2.33. The molecule has 1 amide bonds. The van der Waals surface area contributed by atoms with Crippen molar-refractivity contribution >= 4 is 17.4 Å². The van der Waals surface area contributed by atoms with Crippen molar-refractivity contribution < 1.29 is 9.90 Å². The number of aliphatic hydroxyl groups is 1. The highest BCUT2D eigenvalue weighted by Crippen LogP contribution is 2.14. The largest absolute Gasteiger partial charge is 0.396 e. The summed E-state index contributed by atoms with van der Waals surface area (Å²) in [6, 6.07) is 10.9. The summed E-state index contributed by atoms with van der Waals surface area (Å²) < 4.78 is 0. The number of aromatic nitrogens is 1. The van der Waals surface area contributed by atoms with Gasteiger partial charge in [-0.25, -0.2) is 4.98 Å². The van der Waals surface area contributed by atoms with Crippen LogP contribution in [0.15, 0.2) is 42.6 Å². The third kappa shape index (κ3) is 4.03. The Morgan fingerprint density at radius 1 is 1.24 bits per heavy atom. The van der Waals surface area contributed by atoms with Gasteiger partial charge in [-0.3, -0.25) is 4.79 Å². The van der Waals surface area contributed by atoms with Gasteiger partial charge in [-0.1, -0.05) is 12.1 Å². The molecule has 1 aromatic carbocycles. The molecule has 0 atom stereocenters. The Bertz CT molecular complexity index is 609. The number of carbonyl (C=O) groups is 1. The number of rotatable bonds is 5. The molecular weight excluding hydrogens is 266 g/mol. The zero-order valence-electron chi connectivity index (χ0n) is 12.2. The average molecular weight is 285 g/mol. The minimum atomic E-state index is -0.171. The van der Waals surface area contributed by atoms with Crippen LogP contribution < -0.4 is 10.2 Å². The lowest BCUT2D eigenvalue weighted by Crippen LogP contribution is -2.15. The molecule has 0 aliphatic carbocycles. The number of carbonyl (C=O) groups excluding carboxylic acids is 1. The van der Waals surface area contributed by atoms with Gasteiger partial charge in [-0.15, -0.1) is 0 Å². The molecule has 0 fully saturated rings. The van der Waals surface area contributed by atoms with E-state index in [1.54, 1.807) is 18.3 Å². The van der Waals surface area contributed by atoms with Crippen molar-refractivity contribution in [3.63, 3.8) is 0 Å². The van der Waals surface area contributed by atoms with Gasteiger partial charge in [-0.05, 0) is 36.2 Å². The van der Waals surface area contributed by atoms with Gasteiger partial charge in [0.25, 0.3) is 5.91 Å². The molecule has 0 saturated carbocycles. The predicted octanol–water partition coefficient (Wildman–Crippen LogP) is 1.93. The molecule has 0 spiro atoms. The Morgan fingerprint density at radius 3 is 2.57 bits per heavy atom.